The predicted octanol–water partition coefficient (Wildman–Crippen LogP) is 2.59. The molecule has 0 aromatic heterocycles. The van der Waals surface area contributed by atoms with Crippen LogP contribution in [0.25, 0.3) is 0 Å². The zero-order chi connectivity index (χ0) is 12.7. The molecule has 0 unspecified atom stereocenters. The monoisotopic (exact) mass is 238 g/mol. The number of hydrogen-bond acceptors (Lipinski definition) is 2. The van der Waals surface area contributed by atoms with Crippen LogP contribution in [0.15, 0.2) is 18.2 Å². The highest BCUT2D eigenvalue weighted by molar-refractivity contribution is 5.90. The number of carbonyl (C=O) groups excluding carboxylic acids is 1. The lowest BCUT2D eigenvalue weighted by Crippen LogP contribution is -2.11. The number of hydrogen-bond donors (Lipinski definition) is 2. The number of aryl methyl sites for hydroxylation is 1. The predicted molar refractivity (Wildman–Crippen MR) is 67.3 cm³/mol. The first-order chi connectivity index (χ1) is 8.13. The number of anilines is 1. The fourth-order valence-corrected chi connectivity index (χ4v) is 1.50. The molecule has 3 nitrogen and oxygen atoms in total. The summed E-state index contributed by atoms with van der Waals surface area (Å²) >= 11 is 0. The molecule has 1 rings (SSSR count). The van der Waals surface area contributed by atoms with Crippen molar-refractivity contribution in [3.05, 3.63) is 29.6 Å². The Morgan fingerprint density at radius 2 is 2.12 bits per heavy atom. The van der Waals surface area contributed by atoms with Gasteiger partial charge in [-0.15, -0.1) is 0 Å². The zero-order valence-corrected chi connectivity index (χ0v) is 10.1. The molecule has 0 saturated carbocycles. The van der Waals surface area contributed by atoms with Crippen LogP contribution in [0.2, 0.25) is 0 Å². The Hall–Kier alpha value is -1.42. The fraction of sp³-hybridized carbons (Fsp3) is 0.462. The van der Waals surface area contributed by atoms with Gasteiger partial charge >= 0.3 is 0 Å². The van der Waals surface area contributed by atoms with Gasteiger partial charge in [-0.25, -0.2) is 4.39 Å². The Morgan fingerprint density at radius 3 is 2.76 bits per heavy atom. The van der Waals surface area contributed by atoms with Crippen LogP contribution < -0.4 is 11.1 Å². The topological polar surface area (TPSA) is 55.1 Å². The lowest BCUT2D eigenvalue weighted by Gasteiger charge is -2.06. The highest BCUT2D eigenvalue weighted by Crippen LogP contribution is 2.14. The maximum Gasteiger partial charge on any atom is 0.224 e. The number of halogens is 1. The maximum atomic E-state index is 13.2. The van der Waals surface area contributed by atoms with Crippen molar-refractivity contribution in [3.63, 3.8) is 0 Å². The first kappa shape index (κ1) is 13.6. The third-order valence-electron chi connectivity index (χ3n) is 2.56. The van der Waals surface area contributed by atoms with E-state index in [-0.39, 0.29) is 11.7 Å². The Balaban J connectivity index is 2.37. The van der Waals surface area contributed by atoms with Crippen molar-refractivity contribution in [1.29, 1.82) is 0 Å². The van der Waals surface area contributed by atoms with Crippen molar-refractivity contribution >= 4 is 11.6 Å². The normalized spacial score (nSPS) is 10.3. The van der Waals surface area contributed by atoms with Gasteiger partial charge in [-0.2, -0.15) is 0 Å². The first-order valence-corrected chi connectivity index (χ1v) is 5.89. The highest BCUT2D eigenvalue weighted by Gasteiger charge is 2.04. The average Bonchev–Trinajstić information content (AvgIpc) is 2.30. The lowest BCUT2D eigenvalue weighted by molar-refractivity contribution is -0.116. The molecular weight excluding hydrogens is 219 g/mol. The summed E-state index contributed by atoms with van der Waals surface area (Å²) in [6.45, 7) is 2.35. The number of rotatable bonds is 6. The molecule has 1 aromatic carbocycles. The molecule has 0 atom stereocenters. The minimum absolute atomic E-state index is 0.0784. The van der Waals surface area contributed by atoms with Crippen LogP contribution in [-0.2, 0) is 4.79 Å². The summed E-state index contributed by atoms with van der Waals surface area (Å²) in [7, 11) is 0. The molecule has 0 fully saturated rings. The van der Waals surface area contributed by atoms with Crippen LogP contribution in [0, 0.1) is 12.7 Å². The van der Waals surface area contributed by atoms with Crippen molar-refractivity contribution < 1.29 is 9.18 Å². The van der Waals surface area contributed by atoms with Gasteiger partial charge in [0.2, 0.25) is 5.91 Å². The molecule has 1 aromatic rings. The van der Waals surface area contributed by atoms with E-state index in [1.165, 1.54) is 6.07 Å². The first-order valence-electron chi connectivity index (χ1n) is 5.89. The molecule has 4 heteroatoms. The molecule has 0 aliphatic rings. The fourth-order valence-electron chi connectivity index (χ4n) is 1.50. The number of nitrogens with one attached hydrogen (secondary N) is 1. The van der Waals surface area contributed by atoms with Gasteiger partial charge in [-0.1, -0.05) is 12.5 Å². The Morgan fingerprint density at radius 1 is 1.35 bits per heavy atom. The summed E-state index contributed by atoms with van der Waals surface area (Å²) in [6, 6.07) is 4.70. The molecule has 0 aliphatic carbocycles. The molecule has 0 saturated heterocycles. The molecule has 0 aliphatic heterocycles. The number of unbranched alkanes of at least 4 members (excludes halogenated alkanes) is 2. The van der Waals surface area contributed by atoms with E-state index in [9.17, 15) is 9.18 Å². The summed E-state index contributed by atoms with van der Waals surface area (Å²) in [5, 5.41) is 2.68. The van der Waals surface area contributed by atoms with Crippen molar-refractivity contribution in [2.45, 2.75) is 32.6 Å². The maximum absolute atomic E-state index is 13.2. The standard InChI is InChI=1S/C13H19FN2O/c1-10-6-7-11(9-12(10)14)16-13(17)5-3-2-4-8-15/h6-7,9H,2-5,8,15H2,1H3,(H,16,17). The second-order valence-electron chi connectivity index (χ2n) is 4.11. The van der Waals surface area contributed by atoms with E-state index in [4.69, 9.17) is 5.73 Å². The van der Waals surface area contributed by atoms with E-state index >= 15 is 0 Å². The van der Waals surface area contributed by atoms with E-state index < -0.39 is 0 Å². The SMILES string of the molecule is Cc1ccc(NC(=O)CCCCCN)cc1F. The van der Waals surface area contributed by atoms with Crippen LogP contribution in [0.4, 0.5) is 10.1 Å². The molecule has 94 valence electrons. The van der Waals surface area contributed by atoms with Gasteiger partial charge in [0, 0.05) is 12.1 Å². The highest BCUT2D eigenvalue weighted by atomic mass is 19.1. The Kier molecular flexibility index (Phi) is 5.63. The molecule has 3 N–H and O–H groups in total. The Bertz CT molecular complexity index is 380. The summed E-state index contributed by atoms with van der Waals surface area (Å²) in [5.74, 6) is -0.379. The molecule has 0 radical (unpaired) electrons. The summed E-state index contributed by atoms with van der Waals surface area (Å²) in [6.07, 6.45) is 3.16. The van der Waals surface area contributed by atoms with Crippen LogP contribution >= 0.6 is 0 Å². The molecule has 17 heavy (non-hydrogen) atoms. The van der Waals surface area contributed by atoms with E-state index in [1.54, 1.807) is 19.1 Å². The van der Waals surface area contributed by atoms with Crippen molar-refractivity contribution in [1.82, 2.24) is 0 Å². The third kappa shape index (κ3) is 4.95. The third-order valence-corrected chi connectivity index (χ3v) is 2.56. The van der Waals surface area contributed by atoms with Crippen molar-refractivity contribution in [2.24, 2.45) is 5.73 Å². The van der Waals surface area contributed by atoms with Crippen LogP contribution in [0.1, 0.15) is 31.2 Å². The van der Waals surface area contributed by atoms with Crippen LogP contribution in [0.3, 0.4) is 0 Å². The number of nitrogens with two attached hydrogens (primary N) is 1. The minimum Gasteiger partial charge on any atom is -0.330 e. The second-order valence-corrected chi connectivity index (χ2v) is 4.11. The second kappa shape index (κ2) is 7.01. The Labute approximate surface area is 101 Å². The number of carbonyl (C=O) groups is 1. The van der Waals surface area contributed by atoms with Gasteiger partial charge in [0.15, 0.2) is 0 Å². The van der Waals surface area contributed by atoms with E-state index in [0.29, 0.717) is 24.2 Å². The average molecular weight is 238 g/mol. The van der Waals surface area contributed by atoms with E-state index in [2.05, 4.69) is 5.32 Å². The zero-order valence-electron chi connectivity index (χ0n) is 10.1. The van der Waals surface area contributed by atoms with E-state index in [1.807, 2.05) is 0 Å². The molecule has 0 heterocycles. The quantitative estimate of drug-likeness (QED) is 0.748. The summed E-state index contributed by atoms with van der Waals surface area (Å²) in [4.78, 5) is 11.5. The summed E-state index contributed by atoms with van der Waals surface area (Å²) < 4.78 is 13.2. The number of benzene rings is 1. The largest absolute Gasteiger partial charge is 0.330 e. The molecule has 0 spiro atoms. The van der Waals surface area contributed by atoms with Gasteiger partial charge in [0.05, 0.1) is 0 Å². The number of amides is 1. The van der Waals surface area contributed by atoms with Crippen LogP contribution in [-0.4, -0.2) is 12.5 Å². The van der Waals surface area contributed by atoms with Gasteiger partial charge in [0.1, 0.15) is 5.82 Å². The van der Waals surface area contributed by atoms with Crippen molar-refractivity contribution in [3.8, 4) is 0 Å². The lowest BCUT2D eigenvalue weighted by atomic mass is 10.1. The molecule has 0 bridgehead atoms. The molecular formula is C13H19FN2O. The summed E-state index contributed by atoms with van der Waals surface area (Å²) in [5.41, 5.74) is 6.44. The van der Waals surface area contributed by atoms with Gasteiger partial charge in [-0.3, -0.25) is 4.79 Å². The van der Waals surface area contributed by atoms with Crippen LogP contribution in [0.5, 0.6) is 0 Å². The van der Waals surface area contributed by atoms with Gasteiger partial charge < -0.3 is 11.1 Å². The molecule has 1 amide bonds. The van der Waals surface area contributed by atoms with E-state index in [0.717, 1.165) is 19.3 Å². The smallest absolute Gasteiger partial charge is 0.224 e. The van der Waals surface area contributed by atoms with Crippen molar-refractivity contribution in [2.75, 3.05) is 11.9 Å². The minimum atomic E-state index is -0.300. The van der Waals surface area contributed by atoms with Gasteiger partial charge in [0.25, 0.3) is 0 Å². The van der Waals surface area contributed by atoms with Gasteiger partial charge in [-0.05, 0) is 44.0 Å².